The zero-order valence-corrected chi connectivity index (χ0v) is 30.3. The molecule has 0 aromatic rings. The molecule has 0 radical (unpaired) electrons. The molecule has 0 saturated heterocycles. The van der Waals surface area contributed by atoms with Gasteiger partial charge >= 0.3 is 170 Å². The van der Waals surface area contributed by atoms with E-state index in [1.54, 1.807) is 0 Å². The molecule has 0 bridgehead atoms. The first-order valence-corrected chi connectivity index (χ1v) is 0. The van der Waals surface area contributed by atoms with Crippen LogP contribution in [0.25, 0.3) is 0 Å². The van der Waals surface area contributed by atoms with Gasteiger partial charge in [-0.3, -0.25) is 0 Å². The molecular weight excluding hydrogens is 670 g/mol. The maximum absolute atomic E-state index is 0. The quantitative estimate of drug-likeness (QED) is 0.275. The Kier molecular flexibility index (Phi) is 1150. The average molecular weight is 670 g/mol. The average Bonchev–Trinajstić information content (AvgIpc) is 0. The second-order valence-electron chi connectivity index (χ2n) is 0. The van der Waals surface area contributed by atoms with Crippen molar-refractivity contribution in [3.63, 3.8) is 0 Å². The van der Waals surface area contributed by atoms with Gasteiger partial charge in [0.25, 0.3) is 0 Å². The van der Waals surface area contributed by atoms with Crippen LogP contribution in [0.4, 0.5) is 0 Å². The van der Waals surface area contributed by atoms with Crippen molar-refractivity contribution in [1.82, 2.24) is 0 Å². The minimum Gasteiger partial charge on any atom is -2.00 e. The molecule has 0 atom stereocenters. The molecule has 0 aliphatic heterocycles. The molecule has 0 aromatic heterocycles. The Morgan fingerprint density at radius 1 is 0.308 bits per heavy atom. The van der Waals surface area contributed by atoms with Crippen molar-refractivity contribution in [3.8, 4) is 0 Å². The first-order chi connectivity index (χ1) is 0. The maximum Gasteiger partial charge on any atom is 3.00 e. The molecule has 0 unspecified atom stereocenters. The van der Waals surface area contributed by atoms with Gasteiger partial charge in [-0.2, -0.15) is 0 Å². The smallest absolute Gasteiger partial charge is 2.00 e. The summed E-state index contributed by atoms with van der Waals surface area (Å²) in [7, 11) is 0. The van der Waals surface area contributed by atoms with Gasteiger partial charge in [-0.15, -0.1) is 0 Å². The molecule has 0 spiro atoms. The minimum absolute atomic E-state index is 0. The van der Waals surface area contributed by atoms with E-state index >= 15 is 0 Å². The van der Waals surface area contributed by atoms with Gasteiger partial charge in [-0.05, 0) is 0 Å². The Labute approximate surface area is 257 Å². The van der Waals surface area contributed by atoms with Crippen LogP contribution in [0, 0.1) is 0 Å². The van der Waals surface area contributed by atoms with Gasteiger partial charge < -0.3 is 94.5 Å². The fourth-order valence-electron chi connectivity index (χ4n) is 0. The van der Waals surface area contributed by atoms with Gasteiger partial charge in [0.15, 0.2) is 0 Å². The molecule has 0 aliphatic carbocycles. The Morgan fingerprint density at radius 2 is 0.308 bits per heavy atom. The Morgan fingerprint density at radius 3 is 0.308 bits per heavy atom. The minimum atomic E-state index is 0. The first-order valence-electron chi connectivity index (χ1n) is 0. The summed E-state index contributed by atoms with van der Waals surface area (Å²) < 4.78 is 0. The van der Waals surface area contributed by atoms with E-state index < -0.39 is 0 Å². The third kappa shape index (κ3) is 102. The van der Waals surface area contributed by atoms with Crippen LogP contribution >= 0.6 is 0 Å². The van der Waals surface area contributed by atoms with Crippen LogP contribution in [0.1, 0.15) is 0 Å². The van der Waals surface area contributed by atoms with E-state index in [0.717, 1.165) is 0 Å². The topological polar surface area (TPSA) is 0 Å². The van der Waals surface area contributed by atoms with Crippen LogP contribution in [0.2, 0.25) is 0 Å². The largest absolute Gasteiger partial charge is 3.00 e. The monoisotopic (exact) mass is 665 g/mol. The van der Waals surface area contributed by atoms with Crippen LogP contribution in [0.5, 0.6) is 0 Å². The predicted octanol–water partition coefficient (Wildman–Crippen LogP) is -1.54. The van der Waals surface area contributed by atoms with E-state index in [9.17, 15) is 0 Å². The van der Waals surface area contributed by atoms with Crippen molar-refractivity contribution in [2.24, 2.45) is 0 Å². The molecule has 0 N–H and O–H groups in total. The molecule has 0 aliphatic rings. The molecule has 0 heterocycles. The molecule has 56 valence electrons. The third-order valence-corrected chi connectivity index (χ3v) is 0. The van der Waals surface area contributed by atoms with Crippen molar-refractivity contribution in [1.29, 1.82) is 0 Å². The summed E-state index contributed by atoms with van der Waals surface area (Å²) in [5, 5.41) is 0. The fraction of sp³-hybridized carbons (Fsp3) is 0. The summed E-state index contributed by atoms with van der Waals surface area (Å²) in [5.74, 6) is 0. The summed E-state index contributed by atoms with van der Waals surface area (Å²) in [4.78, 5) is 0. The van der Waals surface area contributed by atoms with Gasteiger partial charge in [0.05, 0.1) is 0 Å². The second-order valence-corrected chi connectivity index (χ2v) is 0. The second kappa shape index (κ2) is 114. The van der Waals surface area contributed by atoms with Crippen molar-refractivity contribution in [2.45, 2.75) is 0 Å². The predicted molar refractivity (Wildman–Crippen MR) is 74.6 cm³/mol. The zero-order chi connectivity index (χ0) is 0. The summed E-state index contributed by atoms with van der Waals surface area (Å²) in [6, 6.07) is 0. The molecule has 0 fully saturated rings. The van der Waals surface area contributed by atoms with E-state index in [2.05, 4.69) is 0 Å². The summed E-state index contributed by atoms with van der Waals surface area (Å²) >= 11 is 0. The number of rotatable bonds is 0. The van der Waals surface area contributed by atoms with Crippen LogP contribution < -0.4 is 0 Å². The normalized spacial score (nSPS) is 0. The Hall–Kier alpha value is 7.93. The summed E-state index contributed by atoms with van der Waals surface area (Å²) in [5.41, 5.74) is 0. The van der Waals surface area contributed by atoms with E-state index in [-0.39, 0.29) is 264 Å². The SMILES string of the molecule is [Ga+3].[Ga+3].[S-2].[S-2].[S-2].[S-2].[S-2].[S-2].[S-2].[Sr+2].[Sr+2].[Zn+2].[Zn+2]. The molecule has 0 aromatic carbocycles. The third-order valence-electron chi connectivity index (χ3n) is 0. The van der Waals surface area contributed by atoms with Crippen molar-refractivity contribution >= 4 is 225 Å². The fourth-order valence-corrected chi connectivity index (χ4v) is 0. The van der Waals surface area contributed by atoms with Gasteiger partial charge in [0, 0.05) is 0 Å². The summed E-state index contributed by atoms with van der Waals surface area (Å²) in [6.07, 6.45) is 0. The number of hydrogen-bond acceptors (Lipinski definition) is 0. The standard InChI is InChI=1S/2Ga.7S.2Sr.2Zn/q2*+3;7*-2;4*+2. The summed E-state index contributed by atoms with van der Waals surface area (Å²) in [6.45, 7) is 0. The van der Waals surface area contributed by atoms with E-state index in [1.807, 2.05) is 0 Å². The van der Waals surface area contributed by atoms with Gasteiger partial charge in [0.1, 0.15) is 0 Å². The molecule has 13 heavy (non-hydrogen) atoms. The van der Waals surface area contributed by atoms with Crippen molar-refractivity contribution in [3.05, 3.63) is 0 Å². The van der Waals surface area contributed by atoms with Crippen LogP contribution in [0.15, 0.2) is 0 Å². The molecule has 0 amide bonds. The van der Waals surface area contributed by atoms with E-state index in [0.29, 0.717) is 0 Å². The molecule has 0 saturated carbocycles. The Bertz CT molecular complexity index is 22.5. The van der Waals surface area contributed by atoms with E-state index in [4.69, 9.17) is 0 Å². The van der Waals surface area contributed by atoms with Gasteiger partial charge in [0.2, 0.25) is 0 Å². The van der Waals surface area contributed by atoms with Gasteiger partial charge in [-0.1, -0.05) is 0 Å². The van der Waals surface area contributed by atoms with Crippen LogP contribution in [-0.2, 0) is 133 Å². The van der Waals surface area contributed by atoms with Crippen molar-refractivity contribution < 1.29 is 39.0 Å². The maximum atomic E-state index is 0. The molecule has 0 nitrogen and oxygen atoms in total. The Balaban J connectivity index is 0. The van der Waals surface area contributed by atoms with Crippen LogP contribution in [-0.4, -0.2) is 131 Å². The molecule has 13 heteroatoms. The van der Waals surface area contributed by atoms with Crippen molar-refractivity contribution in [2.75, 3.05) is 0 Å². The van der Waals surface area contributed by atoms with Crippen LogP contribution in [0.3, 0.4) is 0 Å². The van der Waals surface area contributed by atoms with Gasteiger partial charge in [-0.25, -0.2) is 0 Å². The molecular formula is Ga2S7Sr2Zn2. The number of hydrogen-bond donors (Lipinski definition) is 0. The zero-order valence-electron chi connectivity index (χ0n) is 6.84. The first kappa shape index (κ1) is 132. The molecule has 0 rings (SSSR count). The van der Waals surface area contributed by atoms with E-state index in [1.165, 1.54) is 0 Å².